The van der Waals surface area contributed by atoms with E-state index in [1.54, 1.807) is 24.4 Å². The van der Waals surface area contributed by atoms with Crippen LogP contribution in [-0.2, 0) is 4.79 Å². The van der Waals surface area contributed by atoms with E-state index >= 15 is 0 Å². The number of anilines is 2. The monoisotopic (exact) mass is 435 g/mol. The fraction of sp³-hybridized carbons (Fsp3) is 0.417. The van der Waals surface area contributed by atoms with Crippen LogP contribution in [0.4, 0.5) is 11.4 Å². The SMILES string of the molecule is CCCCC(=O)Nc1ccc(N2CCC(n3c(C)nc4cccnc43)CC2)c(C(=O)O)c1. The van der Waals surface area contributed by atoms with Crippen LogP contribution in [0.15, 0.2) is 36.5 Å². The molecule has 1 aromatic carbocycles. The normalized spacial score (nSPS) is 14.6. The number of aromatic carboxylic acids is 1. The molecule has 1 saturated heterocycles. The fourth-order valence-electron chi connectivity index (χ4n) is 4.47. The van der Waals surface area contributed by atoms with Gasteiger partial charge in [-0.2, -0.15) is 0 Å². The van der Waals surface area contributed by atoms with Crippen LogP contribution in [-0.4, -0.2) is 44.6 Å². The topological polar surface area (TPSA) is 100 Å². The van der Waals surface area contributed by atoms with Crippen LogP contribution >= 0.6 is 0 Å². The average Bonchev–Trinajstić information content (AvgIpc) is 3.13. The van der Waals surface area contributed by atoms with Gasteiger partial charge in [0.05, 0.1) is 11.3 Å². The van der Waals surface area contributed by atoms with E-state index in [-0.39, 0.29) is 17.5 Å². The van der Waals surface area contributed by atoms with E-state index in [1.807, 2.05) is 26.0 Å². The van der Waals surface area contributed by atoms with Gasteiger partial charge in [-0.1, -0.05) is 13.3 Å². The number of carbonyl (C=O) groups is 2. The number of rotatable bonds is 7. The second-order valence-electron chi connectivity index (χ2n) is 8.28. The van der Waals surface area contributed by atoms with Gasteiger partial charge in [-0.3, -0.25) is 4.79 Å². The molecule has 0 saturated carbocycles. The van der Waals surface area contributed by atoms with Crippen LogP contribution in [0.2, 0.25) is 0 Å². The minimum absolute atomic E-state index is 0.0895. The number of nitrogens with zero attached hydrogens (tertiary/aromatic N) is 4. The maximum absolute atomic E-state index is 12.0. The zero-order valence-electron chi connectivity index (χ0n) is 18.5. The van der Waals surface area contributed by atoms with E-state index in [0.717, 1.165) is 55.8 Å². The predicted octanol–water partition coefficient (Wildman–Crippen LogP) is 4.41. The van der Waals surface area contributed by atoms with E-state index in [2.05, 4.69) is 24.8 Å². The molecule has 2 aromatic heterocycles. The molecule has 0 atom stereocenters. The van der Waals surface area contributed by atoms with Crippen LogP contribution in [0.3, 0.4) is 0 Å². The van der Waals surface area contributed by atoms with Crippen molar-refractivity contribution in [2.75, 3.05) is 23.3 Å². The minimum atomic E-state index is -0.993. The molecule has 32 heavy (non-hydrogen) atoms. The van der Waals surface area contributed by atoms with Crippen LogP contribution in [0.1, 0.15) is 61.3 Å². The van der Waals surface area contributed by atoms with Crippen molar-refractivity contribution in [1.82, 2.24) is 14.5 Å². The molecule has 8 heteroatoms. The first-order valence-electron chi connectivity index (χ1n) is 11.2. The summed E-state index contributed by atoms with van der Waals surface area (Å²) in [5.41, 5.74) is 3.22. The Kier molecular flexibility index (Phi) is 6.39. The highest BCUT2D eigenvalue weighted by atomic mass is 16.4. The number of carbonyl (C=O) groups excluding carboxylic acids is 1. The van der Waals surface area contributed by atoms with Crippen LogP contribution in [0, 0.1) is 6.92 Å². The first-order valence-corrected chi connectivity index (χ1v) is 11.2. The van der Waals surface area contributed by atoms with Crippen molar-refractivity contribution < 1.29 is 14.7 Å². The second-order valence-corrected chi connectivity index (χ2v) is 8.28. The molecule has 0 radical (unpaired) electrons. The number of benzene rings is 1. The lowest BCUT2D eigenvalue weighted by Gasteiger charge is -2.35. The molecule has 0 bridgehead atoms. The summed E-state index contributed by atoms with van der Waals surface area (Å²) in [6, 6.07) is 9.29. The van der Waals surface area contributed by atoms with Gasteiger partial charge in [-0.05, 0) is 56.5 Å². The Hall–Kier alpha value is -3.42. The third-order valence-corrected chi connectivity index (χ3v) is 6.06. The molecule has 1 aliphatic rings. The first kappa shape index (κ1) is 21.8. The van der Waals surface area contributed by atoms with E-state index < -0.39 is 5.97 Å². The molecule has 8 nitrogen and oxygen atoms in total. The Morgan fingerprint density at radius 3 is 2.72 bits per heavy atom. The highest BCUT2D eigenvalue weighted by molar-refractivity contribution is 5.98. The third kappa shape index (κ3) is 4.44. The Bertz CT molecular complexity index is 1130. The molecule has 168 valence electrons. The molecular formula is C24H29N5O3. The Labute approximate surface area is 187 Å². The molecule has 4 rings (SSSR count). The van der Waals surface area contributed by atoms with Crippen molar-refractivity contribution in [3.63, 3.8) is 0 Å². The molecule has 1 amide bonds. The Morgan fingerprint density at radius 2 is 2.00 bits per heavy atom. The number of carboxylic acids is 1. The van der Waals surface area contributed by atoms with Crippen molar-refractivity contribution in [3.8, 4) is 0 Å². The van der Waals surface area contributed by atoms with Crippen LogP contribution < -0.4 is 10.2 Å². The maximum Gasteiger partial charge on any atom is 0.337 e. The van der Waals surface area contributed by atoms with Crippen molar-refractivity contribution in [2.24, 2.45) is 0 Å². The van der Waals surface area contributed by atoms with Crippen molar-refractivity contribution >= 4 is 34.4 Å². The van der Waals surface area contributed by atoms with Crippen molar-refractivity contribution in [2.45, 2.75) is 52.0 Å². The zero-order chi connectivity index (χ0) is 22.7. The van der Waals surface area contributed by atoms with Gasteiger partial charge in [0.25, 0.3) is 0 Å². The lowest BCUT2D eigenvalue weighted by molar-refractivity contribution is -0.116. The van der Waals surface area contributed by atoms with Gasteiger partial charge < -0.3 is 19.9 Å². The van der Waals surface area contributed by atoms with Gasteiger partial charge in [-0.25, -0.2) is 14.8 Å². The smallest absolute Gasteiger partial charge is 0.337 e. The molecule has 3 heterocycles. The Balaban J connectivity index is 1.49. The van der Waals surface area contributed by atoms with Gasteiger partial charge >= 0.3 is 5.97 Å². The zero-order valence-corrected chi connectivity index (χ0v) is 18.5. The van der Waals surface area contributed by atoms with Crippen LogP contribution in [0.5, 0.6) is 0 Å². The van der Waals surface area contributed by atoms with Crippen molar-refractivity contribution in [1.29, 1.82) is 0 Å². The van der Waals surface area contributed by atoms with E-state index in [9.17, 15) is 14.7 Å². The minimum Gasteiger partial charge on any atom is -0.478 e. The summed E-state index contributed by atoms with van der Waals surface area (Å²) in [6.45, 7) is 5.50. The largest absolute Gasteiger partial charge is 0.478 e. The lowest BCUT2D eigenvalue weighted by Crippen LogP contribution is -2.35. The van der Waals surface area contributed by atoms with Crippen molar-refractivity contribution in [3.05, 3.63) is 47.9 Å². The third-order valence-electron chi connectivity index (χ3n) is 6.06. The van der Waals surface area contributed by atoms with Gasteiger partial charge in [0.1, 0.15) is 11.3 Å². The molecule has 1 fully saturated rings. The number of imidazole rings is 1. The summed E-state index contributed by atoms with van der Waals surface area (Å²) in [6.07, 6.45) is 5.72. The van der Waals surface area contributed by atoms with Gasteiger partial charge in [0.2, 0.25) is 5.91 Å². The molecule has 0 spiro atoms. The quantitative estimate of drug-likeness (QED) is 0.570. The standard InChI is InChI=1S/C24H29N5O3/c1-3-4-7-22(30)27-17-8-9-21(19(15-17)24(31)32)28-13-10-18(11-14-28)29-16(2)26-20-6-5-12-25-23(20)29/h5-6,8-9,12,15,18H,3-4,7,10-11,13-14H2,1-2H3,(H,27,30)(H,31,32). The number of carboxylic acid groups (broad SMARTS) is 1. The van der Waals surface area contributed by atoms with E-state index in [1.165, 1.54) is 0 Å². The number of hydrogen-bond donors (Lipinski definition) is 2. The molecule has 0 aliphatic carbocycles. The van der Waals surface area contributed by atoms with Gasteiger partial charge in [0.15, 0.2) is 5.65 Å². The average molecular weight is 436 g/mol. The molecule has 1 aliphatic heterocycles. The number of pyridine rings is 1. The van der Waals surface area contributed by atoms with E-state index in [0.29, 0.717) is 17.8 Å². The second kappa shape index (κ2) is 9.38. The highest BCUT2D eigenvalue weighted by Gasteiger charge is 2.26. The van der Waals surface area contributed by atoms with Crippen LogP contribution in [0.25, 0.3) is 11.2 Å². The van der Waals surface area contributed by atoms with E-state index in [4.69, 9.17) is 0 Å². The molecule has 2 N–H and O–H groups in total. The summed E-state index contributed by atoms with van der Waals surface area (Å²) in [5, 5.41) is 12.6. The lowest BCUT2D eigenvalue weighted by atomic mass is 10.0. The number of piperidine rings is 1. The van der Waals surface area contributed by atoms with Gasteiger partial charge in [0, 0.05) is 37.4 Å². The number of unbranched alkanes of at least 4 members (excludes halogenated alkanes) is 1. The summed E-state index contributed by atoms with van der Waals surface area (Å²) >= 11 is 0. The summed E-state index contributed by atoms with van der Waals surface area (Å²) in [7, 11) is 0. The fourth-order valence-corrected chi connectivity index (χ4v) is 4.47. The summed E-state index contributed by atoms with van der Waals surface area (Å²) in [4.78, 5) is 35.2. The number of amides is 1. The maximum atomic E-state index is 12.0. The summed E-state index contributed by atoms with van der Waals surface area (Å²) < 4.78 is 2.21. The Morgan fingerprint density at radius 1 is 1.22 bits per heavy atom. The first-order chi connectivity index (χ1) is 15.5. The molecule has 0 unspecified atom stereocenters. The molecule has 3 aromatic rings. The number of nitrogens with one attached hydrogen (secondary N) is 1. The number of aromatic nitrogens is 3. The van der Waals surface area contributed by atoms with Gasteiger partial charge in [-0.15, -0.1) is 0 Å². The number of hydrogen-bond acceptors (Lipinski definition) is 5. The number of aryl methyl sites for hydroxylation is 1. The highest BCUT2D eigenvalue weighted by Crippen LogP contribution is 2.32. The predicted molar refractivity (Wildman–Crippen MR) is 124 cm³/mol. The number of fused-ring (bicyclic) bond motifs is 1. The molecular weight excluding hydrogens is 406 g/mol. The summed E-state index contributed by atoms with van der Waals surface area (Å²) in [5.74, 6) is -0.132.